The molecule has 2 heterocycles. The number of nitrogens with one attached hydrogen (secondary N) is 1. The SMILES string of the molecule is CCCN(C(=O)C(C)c1ccc(Cl)s1)C1CCNC1. The van der Waals surface area contributed by atoms with Crippen LogP contribution in [0.15, 0.2) is 12.1 Å². The lowest BCUT2D eigenvalue weighted by Crippen LogP contribution is -2.43. The molecule has 1 aliphatic heterocycles. The van der Waals surface area contributed by atoms with Crippen LogP contribution in [0.3, 0.4) is 0 Å². The highest BCUT2D eigenvalue weighted by molar-refractivity contribution is 7.16. The first-order chi connectivity index (χ1) is 9.13. The minimum absolute atomic E-state index is 0.0929. The number of hydrogen-bond donors (Lipinski definition) is 1. The van der Waals surface area contributed by atoms with Gasteiger partial charge in [0.15, 0.2) is 0 Å². The smallest absolute Gasteiger partial charge is 0.230 e. The zero-order valence-corrected chi connectivity index (χ0v) is 13.1. The van der Waals surface area contributed by atoms with Crippen LogP contribution >= 0.6 is 22.9 Å². The van der Waals surface area contributed by atoms with Crippen molar-refractivity contribution in [3.8, 4) is 0 Å². The first-order valence-electron chi connectivity index (χ1n) is 6.90. The van der Waals surface area contributed by atoms with Crippen LogP contribution in [0, 0.1) is 0 Å². The van der Waals surface area contributed by atoms with Gasteiger partial charge in [0.2, 0.25) is 5.91 Å². The van der Waals surface area contributed by atoms with Crippen LogP contribution < -0.4 is 5.32 Å². The maximum absolute atomic E-state index is 12.7. The molecule has 0 radical (unpaired) electrons. The molecule has 0 aromatic carbocycles. The predicted molar refractivity (Wildman–Crippen MR) is 81.0 cm³/mol. The van der Waals surface area contributed by atoms with E-state index in [9.17, 15) is 4.79 Å². The summed E-state index contributed by atoms with van der Waals surface area (Å²) in [5, 5.41) is 3.34. The molecule has 2 atom stereocenters. The second kappa shape index (κ2) is 6.73. The van der Waals surface area contributed by atoms with Crippen molar-refractivity contribution < 1.29 is 4.79 Å². The average molecular weight is 301 g/mol. The molecule has 2 unspecified atom stereocenters. The molecule has 1 amide bonds. The fraction of sp³-hybridized carbons (Fsp3) is 0.643. The van der Waals surface area contributed by atoms with Gasteiger partial charge in [-0.3, -0.25) is 4.79 Å². The van der Waals surface area contributed by atoms with Gasteiger partial charge in [-0.25, -0.2) is 0 Å². The molecule has 106 valence electrons. The van der Waals surface area contributed by atoms with Gasteiger partial charge >= 0.3 is 0 Å². The maximum Gasteiger partial charge on any atom is 0.230 e. The van der Waals surface area contributed by atoms with E-state index in [2.05, 4.69) is 17.1 Å². The van der Waals surface area contributed by atoms with Crippen LogP contribution in [0.1, 0.15) is 37.5 Å². The molecule has 0 spiro atoms. The molecule has 1 aromatic rings. The predicted octanol–water partition coefficient (Wildman–Crippen LogP) is 3.11. The Morgan fingerprint density at radius 1 is 1.63 bits per heavy atom. The number of rotatable bonds is 5. The Bertz CT molecular complexity index is 429. The van der Waals surface area contributed by atoms with E-state index in [-0.39, 0.29) is 11.8 Å². The lowest BCUT2D eigenvalue weighted by atomic mass is 10.1. The molecule has 1 saturated heterocycles. The fourth-order valence-electron chi connectivity index (χ4n) is 2.55. The lowest BCUT2D eigenvalue weighted by molar-refractivity contribution is -0.134. The second-order valence-corrected chi connectivity index (χ2v) is 6.79. The van der Waals surface area contributed by atoms with E-state index in [0.29, 0.717) is 6.04 Å². The van der Waals surface area contributed by atoms with E-state index in [1.807, 2.05) is 19.1 Å². The van der Waals surface area contributed by atoms with Crippen molar-refractivity contribution in [2.45, 2.75) is 38.6 Å². The van der Waals surface area contributed by atoms with Crippen LogP contribution in [0.2, 0.25) is 4.34 Å². The Labute approximate surface area is 123 Å². The van der Waals surface area contributed by atoms with Gasteiger partial charge in [0, 0.05) is 24.0 Å². The van der Waals surface area contributed by atoms with Gasteiger partial charge in [-0.1, -0.05) is 18.5 Å². The molecule has 1 fully saturated rings. The molecule has 0 saturated carbocycles. The van der Waals surface area contributed by atoms with Gasteiger partial charge in [0.05, 0.1) is 10.3 Å². The molecule has 1 aromatic heterocycles. The Hall–Kier alpha value is -0.580. The van der Waals surface area contributed by atoms with Gasteiger partial charge in [-0.15, -0.1) is 11.3 Å². The standard InChI is InChI=1S/C14H21ClN2OS/c1-3-8-17(11-6-7-16-9-11)14(18)10(2)12-4-5-13(15)19-12/h4-5,10-11,16H,3,6-9H2,1-2H3. The summed E-state index contributed by atoms with van der Waals surface area (Å²) in [6.07, 6.45) is 2.06. The summed E-state index contributed by atoms with van der Waals surface area (Å²) in [4.78, 5) is 15.8. The van der Waals surface area contributed by atoms with Gasteiger partial charge < -0.3 is 10.2 Å². The fourth-order valence-corrected chi connectivity index (χ4v) is 3.66. The zero-order chi connectivity index (χ0) is 13.8. The number of halogens is 1. The minimum Gasteiger partial charge on any atom is -0.338 e. The van der Waals surface area contributed by atoms with Crippen molar-refractivity contribution in [1.82, 2.24) is 10.2 Å². The first-order valence-corrected chi connectivity index (χ1v) is 8.09. The highest BCUT2D eigenvalue weighted by Gasteiger charge is 2.29. The van der Waals surface area contributed by atoms with Crippen molar-refractivity contribution in [1.29, 1.82) is 0 Å². The number of hydrogen-bond acceptors (Lipinski definition) is 3. The van der Waals surface area contributed by atoms with Gasteiger partial charge in [-0.2, -0.15) is 0 Å². The number of nitrogens with zero attached hydrogens (tertiary/aromatic N) is 1. The molecular formula is C14H21ClN2OS. The van der Waals surface area contributed by atoms with Crippen molar-refractivity contribution in [2.24, 2.45) is 0 Å². The van der Waals surface area contributed by atoms with Crippen molar-refractivity contribution in [2.75, 3.05) is 19.6 Å². The third kappa shape index (κ3) is 3.50. The molecule has 0 aliphatic carbocycles. The lowest BCUT2D eigenvalue weighted by Gasteiger charge is -2.30. The van der Waals surface area contributed by atoms with Gasteiger partial charge in [0.25, 0.3) is 0 Å². The monoisotopic (exact) mass is 300 g/mol. The van der Waals surface area contributed by atoms with Crippen LogP contribution in [-0.2, 0) is 4.79 Å². The largest absolute Gasteiger partial charge is 0.338 e. The average Bonchev–Trinajstić information content (AvgIpc) is 3.05. The van der Waals surface area contributed by atoms with Gasteiger partial charge in [0.1, 0.15) is 0 Å². The second-order valence-electron chi connectivity index (χ2n) is 5.04. The van der Waals surface area contributed by atoms with Crippen molar-refractivity contribution in [3.63, 3.8) is 0 Å². The third-order valence-corrected chi connectivity index (χ3v) is 5.03. The van der Waals surface area contributed by atoms with E-state index >= 15 is 0 Å². The summed E-state index contributed by atoms with van der Waals surface area (Å²) in [5.41, 5.74) is 0. The summed E-state index contributed by atoms with van der Waals surface area (Å²) in [7, 11) is 0. The summed E-state index contributed by atoms with van der Waals surface area (Å²) >= 11 is 7.47. The Kier molecular flexibility index (Phi) is 5.25. The van der Waals surface area contributed by atoms with Crippen LogP contribution in [0.5, 0.6) is 0 Å². The van der Waals surface area contributed by atoms with E-state index in [1.54, 1.807) is 0 Å². The maximum atomic E-state index is 12.7. The van der Waals surface area contributed by atoms with E-state index < -0.39 is 0 Å². The third-order valence-electron chi connectivity index (χ3n) is 3.61. The first kappa shape index (κ1) is 14.8. The zero-order valence-electron chi connectivity index (χ0n) is 11.5. The quantitative estimate of drug-likeness (QED) is 0.906. The summed E-state index contributed by atoms with van der Waals surface area (Å²) in [6, 6.07) is 4.18. The van der Waals surface area contributed by atoms with Gasteiger partial charge in [-0.05, 0) is 38.4 Å². The molecule has 3 nitrogen and oxygen atoms in total. The van der Waals surface area contributed by atoms with Crippen LogP contribution in [0.4, 0.5) is 0 Å². The molecule has 0 bridgehead atoms. The number of amides is 1. The Morgan fingerprint density at radius 3 is 2.95 bits per heavy atom. The topological polar surface area (TPSA) is 32.3 Å². The van der Waals surface area contributed by atoms with Crippen molar-refractivity contribution >= 4 is 28.8 Å². The van der Waals surface area contributed by atoms with E-state index in [4.69, 9.17) is 11.6 Å². The number of carbonyl (C=O) groups excluding carboxylic acids is 1. The molecule has 5 heteroatoms. The molecule has 2 rings (SSSR count). The Morgan fingerprint density at radius 2 is 2.42 bits per heavy atom. The van der Waals surface area contributed by atoms with E-state index in [0.717, 1.165) is 41.7 Å². The van der Waals surface area contributed by atoms with Crippen molar-refractivity contribution in [3.05, 3.63) is 21.3 Å². The summed E-state index contributed by atoms with van der Waals surface area (Å²) < 4.78 is 0.749. The van der Waals surface area contributed by atoms with Crippen LogP contribution in [0.25, 0.3) is 0 Å². The summed E-state index contributed by atoms with van der Waals surface area (Å²) in [6.45, 7) is 6.88. The molecule has 1 N–H and O–H groups in total. The molecular weight excluding hydrogens is 280 g/mol. The van der Waals surface area contributed by atoms with Crippen LogP contribution in [-0.4, -0.2) is 36.5 Å². The highest BCUT2D eigenvalue weighted by Crippen LogP contribution is 2.30. The highest BCUT2D eigenvalue weighted by atomic mass is 35.5. The molecule has 1 aliphatic rings. The normalized spacial score (nSPS) is 20.5. The summed E-state index contributed by atoms with van der Waals surface area (Å²) in [5.74, 6) is 0.138. The van der Waals surface area contributed by atoms with E-state index in [1.165, 1.54) is 11.3 Å². The minimum atomic E-state index is -0.0929. The Balaban J connectivity index is 2.09. The number of thiophene rings is 1. The molecule has 19 heavy (non-hydrogen) atoms. The number of carbonyl (C=O) groups is 1.